The monoisotopic (exact) mass is 325 g/mol. The summed E-state index contributed by atoms with van der Waals surface area (Å²) in [5.74, 6) is 0.948. The van der Waals surface area contributed by atoms with Crippen LogP contribution < -0.4 is 14.8 Å². The minimum absolute atomic E-state index is 0.243. The van der Waals surface area contributed by atoms with E-state index in [2.05, 4.69) is 10.3 Å². The number of rotatable bonds is 4. The number of aromatic nitrogens is 2. The van der Waals surface area contributed by atoms with E-state index < -0.39 is 0 Å². The predicted octanol–water partition coefficient (Wildman–Crippen LogP) is 3.22. The van der Waals surface area contributed by atoms with Crippen LogP contribution in [0.1, 0.15) is 21.7 Å². The number of hydrogen-bond donors (Lipinski definition) is 1. The van der Waals surface area contributed by atoms with Crippen molar-refractivity contribution >= 4 is 17.2 Å². The zero-order valence-electron chi connectivity index (χ0n) is 14.1. The lowest BCUT2D eigenvalue weighted by Crippen LogP contribution is -2.16. The van der Waals surface area contributed by atoms with Crippen LogP contribution in [0.2, 0.25) is 0 Å². The molecule has 2 aromatic heterocycles. The van der Waals surface area contributed by atoms with Gasteiger partial charge in [0.2, 0.25) is 0 Å². The van der Waals surface area contributed by atoms with Crippen LogP contribution >= 0.6 is 0 Å². The first-order chi connectivity index (χ1) is 11.5. The highest BCUT2D eigenvalue weighted by atomic mass is 16.5. The second-order valence-electron chi connectivity index (χ2n) is 5.50. The molecule has 0 saturated heterocycles. The highest BCUT2D eigenvalue weighted by molar-refractivity contribution is 6.05. The lowest BCUT2D eigenvalue weighted by molar-refractivity contribution is 0.102. The lowest BCUT2D eigenvalue weighted by atomic mass is 10.2. The molecule has 0 aliphatic heterocycles. The van der Waals surface area contributed by atoms with Crippen molar-refractivity contribution in [3.8, 4) is 11.5 Å². The van der Waals surface area contributed by atoms with Crippen molar-refractivity contribution in [2.45, 2.75) is 13.8 Å². The third-order valence-electron chi connectivity index (χ3n) is 3.83. The summed E-state index contributed by atoms with van der Waals surface area (Å²) in [6.07, 6.45) is 1.85. The molecule has 0 bridgehead atoms. The van der Waals surface area contributed by atoms with Crippen LogP contribution in [0, 0.1) is 13.8 Å². The molecule has 0 radical (unpaired) electrons. The van der Waals surface area contributed by atoms with Crippen molar-refractivity contribution < 1.29 is 14.3 Å². The zero-order chi connectivity index (χ0) is 17.3. The summed E-state index contributed by atoms with van der Waals surface area (Å²) in [5, 5.41) is 2.88. The van der Waals surface area contributed by atoms with Crippen molar-refractivity contribution in [3.05, 3.63) is 53.5 Å². The van der Waals surface area contributed by atoms with Gasteiger partial charge in [-0.05, 0) is 43.7 Å². The maximum atomic E-state index is 12.8. The Balaban J connectivity index is 1.97. The second kappa shape index (κ2) is 6.23. The zero-order valence-corrected chi connectivity index (χ0v) is 14.1. The van der Waals surface area contributed by atoms with Gasteiger partial charge in [0, 0.05) is 12.3 Å². The molecule has 0 aliphatic carbocycles. The number of benzene rings is 1. The number of anilines is 1. The van der Waals surface area contributed by atoms with Crippen LogP contribution in [0.5, 0.6) is 11.5 Å². The van der Waals surface area contributed by atoms with E-state index in [-0.39, 0.29) is 5.91 Å². The Bertz CT molecular complexity index is 915. The molecule has 24 heavy (non-hydrogen) atoms. The van der Waals surface area contributed by atoms with Gasteiger partial charge in [0.15, 0.2) is 0 Å². The number of carbonyl (C=O) groups excluding carboxylic acids is 1. The molecular formula is C18H19N3O3. The number of hydrogen-bond acceptors (Lipinski definition) is 4. The van der Waals surface area contributed by atoms with E-state index in [0.29, 0.717) is 28.6 Å². The highest BCUT2D eigenvalue weighted by Gasteiger charge is 2.18. The van der Waals surface area contributed by atoms with Gasteiger partial charge in [-0.1, -0.05) is 0 Å². The Hall–Kier alpha value is -3.02. The molecule has 1 N–H and O–H groups in total. The van der Waals surface area contributed by atoms with Crippen LogP contribution in [0.3, 0.4) is 0 Å². The molecule has 1 aromatic carbocycles. The molecule has 0 fully saturated rings. The largest absolute Gasteiger partial charge is 0.497 e. The fourth-order valence-electron chi connectivity index (χ4n) is 2.62. The molecule has 6 heteroatoms. The van der Waals surface area contributed by atoms with Crippen molar-refractivity contribution in [1.29, 1.82) is 0 Å². The Morgan fingerprint density at radius 3 is 2.62 bits per heavy atom. The van der Waals surface area contributed by atoms with Crippen molar-refractivity contribution in [2.24, 2.45) is 0 Å². The maximum Gasteiger partial charge on any atom is 0.274 e. The van der Waals surface area contributed by atoms with Crippen LogP contribution in [-0.4, -0.2) is 29.5 Å². The van der Waals surface area contributed by atoms with Crippen molar-refractivity contribution in [2.75, 3.05) is 19.5 Å². The second-order valence-corrected chi connectivity index (χ2v) is 5.50. The van der Waals surface area contributed by atoms with Gasteiger partial charge >= 0.3 is 0 Å². The number of aryl methyl sites for hydroxylation is 2. The van der Waals surface area contributed by atoms with Gasteiger partial charge in [0.25, 0.3) is 5.91 Å². The summed E-state index contributed by atoms with van der Waals surface area (Å²) in [4.78, 5) is 17.2. The number of nitrogens with zero attached hydrogens (tertiary/aromatic N) is 2. The van der Waals surface area contributed by atoms with E-state index in [1.54, 1.807) is 36.8 Å². The number of imidazole rings is 1. The molecule has 1 amide bonds. The predicted molar refractivity (Wildman–Crippen MR) is 92.2 cm³/mol. The van der Waals surface area contributed by atoms with Crippen LogP contribution in [0.15, 0.2) is 36.5 Å². The number of ether oxygens (including phenoxy) is 2. The van der Waals surface area contributed by atoms with Crippen molar-refractivity contribution in [3.63, 3.8) is 0 Å². The first-order valence-corrected chi connectivity index (χ1v) is 7.52. The van der Waals surface area contributed by atoms with Crippen LogP contribution in [-0.2, 0) is 0 Å². The summed E-state index contributed by atoms with van der Waals surface area (Å²) < 4.78 is 12.3. The quantitative estimate of drug-likeness (QED) is 0.800. The average molecular weight is 325 g/mol. The Labute approximate surface area is 140 Å². The Morgan fingerprint density at radius 1 is 1.12 bits per heavy atom. The van der Waals surface area contributed by atoms with Crippen LogP contribution in [0.25, 0.3) is 5.65 Å². The van der Waals surface area contributed by atoms with Gasteiger partial charge in [0.05, 0.1) is 25.6 Å². The fourth-order valence-corrected chi connectivity index (χ4v) is 2.62. The van der Waals surface area contributed by atoms with Gasteiger partial charge in [0.1, 0.15) is 22.8 Å². The van der Waals surface area contributed by atoms with E-state index in [1.165, 1.54) is 0 Å². The van der Waals surface area contributed by atoms with Gasteiger partial charge in [-0.3, -0.25) is 9.20 Å². The van der Waals surface area contributed by atoms with Gasteiger partial charge in [-0.2, -0.15) is 0 Å². The smallest absolute Gasteiger partial charge is 0.274 e. The number of nitrogens with one attached hydrogen (secondary N) is 1. The summed E-state index contributed by atoms with van der Waals surface area (Å²) in [5.41, 5.74) is 3.59. The minimum atomic E-state index is -0.243. The Morgan fingerprint density at radius 2 is 1.92 bits per heavy atom. The molecule has 3 rings (SSSR count). The number of carbonyl (C=O) groups is 1. The van der Waals surface area contributed by atoms with Crippen molar-refractivity contribution in [1.82, 2.24) is 9.38 Å². The molecule has 0 aliphatic rings. The molecule has 124 valence electrons. The lowest BCUT2D eigenvalue weighted by Gasteiger charge is -2.12. The normalized spacial score (nSPS) is 10.7. The molecule has 0 saturated carbocycles. The third-order valence-corrected chi connectivity index (χ3v) is 3.83. The van der Waals surface area contributed by atoms with E-state index in [9.17, 15) is 4.79 Å². The summed E-state index contributed by atoms with van der Waals surface area (Å²) in [6.45, 7) is 3.81. The van der Waals surface area contributed by atoms with Gasteiger partial charge in [-0.25, -0.2) is 4.98 Å². The standard InChI is InChI=1S/C18H19N3O3/c1-11-7-8-21-16(9-11)19-12(2)17(21)18(22)20-14-6-5-13(23-3)10-15(14)24-4/h5-10H,1-4H3,(H,20,22). The van der Waals surface area contributed by atoms with E-state index in [1.807, 2.05) is 32.2 Å². The summed E-state index contributed by atoms with van der Waals surface area (Å²) in [6, 6.07) is 9.12. The van der Waals surface area contributed by atoms with E-state index in [0.717, 1.165) is 11.2 Å². The number of methoxy groups -OCH3 is 2. The number of pyridine rings is 1. The Kier molecular flexibility index (Phi) is 4.12. The fraction of sp³-hybridized carbons (Fsp3) is 0.222. The molecule has 0 spiro atoms. The topological polar surface area (TPSA) is 64.9 Å². The van der Waals surface area contributed by atoms with Crippen LogP contribution in [0.4, 0.5) is 5.69 Å². The van der Waals surface area contributed by atoms with E-state index >= 15 is 0 Å². The molecular weight excluding hydrogens is 306 g/mol. The third kappa shape index (κ3) is 2.78. The van der Waals surface area contributed by atoms with E-state index in [4.69, 9.17) is 9.47 Å². The average Bonchev–Trinajstić information content (AvgIpc) is 2.89. The molecule has 3 aromatic rings. The molecule has 6 nitrogen and oxygen atoms in total. The minimum Gasteiger partial charge on any atom is -0.497 e. The molecule has 0 atom stereocenters. The first-order valence-electron chi connectivity index (χ1n) is 7.52. The van der Waals surface area contributed by atoms with Gasteiger partial charge in [-0.15, -0.1) is 0 Å². The molecule has 0 unspecified atom stereocenters. The SMILES string of the molecule is COc1ccc(NC(=O)c2c(C)nc3cc(C)ccn23)c(OC)c1. The first kappa shape index (κ1) is 15.9. The van der Waals surface area contributed by atoms with Gasteiger partial charge < -0.3 is 14.8 Å². The number of amides is 1. The highest BCUT2D eigenvalue weighted by Crippen LogP contribution is 2.29. The molecule has 2 heterocycles. The summed E-state index contributed by atoms with van der Waals surface area (Å²) in [7, 11) is 3.13. The maximum absolute atomic E-state index is 12.8. The summed E-state index contributed by atoms with van der Waals surface area (Å²) >= 11 is 0. The number of fused-ring (bicyclic) bond motifs is 1.